The molecule has 54 valence electrons. The largest absolute Gasteiger partial charge is 0.508 e. The summed E-state index contributed by atoms with van der Waals surface area (Å²) in [5.41, 5.74) is 0. The Labute approximate surface area is 62.8 Å². The van der Waals surface area contributed by atoms with Crippen LogP contribution in [0.3, 0.4) is 0 Å². The van der Waals surface area contributed by atoms with Crippen LogP contribution in [0.5, 0.6) is 0 Å². The van der Waals surface area contributed by atoms with Gasteiger partial charge in [0.25, 0.3) is 5.02 Å². The molecule has 0 bridgehead atoms. The molecule has 0 aliphatic carbocycles. The lowest BCUT2D eigenvalue weighted by Gasteiger charge is -1.94. The molecular formula is C4H6Cl2O3. The minimum Gasteiger partial charge on any atom is -0.450 e. The van der Waals surface area contributed by atoms with Gasteiger partial charge in [0.1, 0.15) is 0 Å². The van der Waals surface area contributed by atoms with Gasteiger partial charge in [0.05, 0.1) is 0 Å². The van der Waals surface area contributed by atoms with Crippen LogP contribution < -0.4 is 0 Å². The molecule has 0 aromatic heterocycles. The Bertz CT molecular complexity index is 83.9. The predicted octanol–water partition coefficient (Wildman–Crippen LogP) is 2.24. The fourth-order valence-corrected chi connectivity index (χ4v) is 0.229. The van der Waals surface area contributed by atoms with Crippen molar-refractivity contribution in [1.82, 2.24) is 0 Å². The first-order valence-corrected chi connectivity index (χ1v) is 2.68. The van der Waals surface area contributed by atoms with Crippen LogP contribution in [0.25, 0.3) is 0 Å². The molecule has 0 atom stereocenters. The van der Waals surface area contributed by atoms with Gasteiger partial charge in [0.2, 0.25) is 0 Å². The highest BCUT2D eigenvalue weighted by Crippen LogP contribution is 2.01. The number of ether oxygens (including phenoxy) is 1. The molecule has 0 saturated heterocycles. The van der Waals surface area contributed by atoms with Gasteiger partial charge >= 0.3 is 6.16 Å². The number of carboxylic acid groups (broad SMARTS) is 1. The van der Waals surface area contributed by atoms with Crippen LogP contribution in [0, 0.1) is 0 Å². The van der Waals surface area contributed by atoms with Gasteiger partial charge in [-0.05, 0) is 0 Å². The highest BCUT2D eigenvalue weighted by atomic mass is 35.5. The van der Waals surface area contributed by atoms with Crippen LogP contribution in [-0.4, -0.2) is 16.3 Å². The molecular weight excluding hydrogens is 167 g/mol. The Hall–Kier alpha value is -0.410. The summed E-state index contributed by atoms with van der Waals surface area (Å²) in [4.78, 5) is 9.42. The van der Waals surface area contributed by atoms with Crippen LogP contribution in [0.2, 0.25) is 0 Å². The molecule has 0 spiro atoms. The monoisotopic (exact) mass is 172 g/mol. The van der Waals surface area contributed by atoms with Gasteiger partial charge in [-0.15, -0.1) is 13.2 Å². The van der Waals surface area contributed by atoms with E-state index in [0.717, 1.165) is 0 Å². The van der Waals surface area contributed by atoms with Crippen molar-refractivity contribution in [3.05, 3.63) is 13.2 Å². The molecule has 5 heteroatoms. The summed E-state index contributed by atoms with van der Waals surface area (Å²) in [5.74, 6) is 0. The Morgan fingerprint density at radius 3 is 1.89 bits per heavy atom. The summed E-state index contributed by atoms with van der Waals surface area (Å²) in [6.45, 7) is 6.00. The maximum atomic E-state index is 9.42. The van der Waals surface area contributed by atoms with Gasteiger partial charge in [-0.25, -0.2) is 4.79 Å². The summed E-state index contributed by atoms with van der Waals surface area (Å²) in [7, 11) is 0. The van der Waals surface area contributed by atoms with Crippen molar-refractivity contribution in [2.45, 2.75) is 5.02 Å². The Morgan fingerprint density at radius 2 is 1.89 bits per heavy atom. The van der Waals surface area contributed by atoms with Gasteiger partial charge in [0.15, 0.2) is 0 Å². The molecule has 0 fully saturated rings. The zero-order valence-electron chi connectivity index (χ0n) is 4.51. The van der Waals surface area contributed by atoms with Crippen LogP contribution in [0.1, 0.15) is 0 Å². The lowest BCUT2D eigenvalue weighted by Crippen LogP contribution is -2.02. The van der Waals surface area contributed by atoms with Crippen molar-refractivity contribution < 1.29 is 14.6 Å². The van der Waals surface area contributed by atoms with E-state index in [1.165, 1.54) is 0 Å². The van der Waals surface area contributed by atoms with Crippen molar-refractivity contribution in [3.8, 4) is 0 Å². The summed E-state index contributed by atoms with van der Waals surface area (Å²) in [5, 5.41) is 6.41. The second-order valence-electron chi connectivity index (χ2n) is 0.644. The van der Waals surface area contributed by atoms with Crippen molar-refractivity contribution in [2.75, 3.05) is 0 Å². The van der Waals surface area contributed by atoms with Crippen LogP contribution >= 0.6 is 23.2 Å². The fourth-order valence-electron chi connectivity index (χ4n) is 0.0762. The summed E-state index contributed by atoms with van der Waals surface area (Å²) >= 11 is 9.67. The summed E-state index contributed by atoms with van der Waals surface area (Å²) in [6, 6.07) is 0. The molecule has 1 N–H and O–H groups in total. The van der Waals surface area contributed by atoms with Crippen molar-refractivity contribution in [2.24, 2.45) is 0 Å². The minimum absolute atomic E-state index is 1.28. The number of halogens is 2. The third-order valence-electron chi connectivity index (χ3n) is 0.190. The third kappa shape index (κ3) is 18.4. The third-order valence-corrected chi connectivity index (χ3v) is 0.368. The minimum atomic E-state index is -1.48. The SMILES string of the molecule is C=C.O=C(O)OC(Cl)Cl. The zero-order valence-corrected chi connectivity index (χ0v) is 6.02. The first-order chi connectivity index (χ1) is 4.13. The Morgan fingerprint density at radius 1 is 1.56 bits per heavy atom. The van der Waals surface area contributed by atoms with Crippen LogP contribution in [-0.2, 0) is 4.74 Å². The quantitative estimate of drug-likeness (QED) is 0.375. The van der Waals surface area contributed by atoms with Crippen molar-refractivity contribution >= 4 is 29.4 Å². The van der Waals surface area contributed by atoms with Gasteiger partial charge < -0.3 is 9.84 Å². The van der Waals surface area contributed by atoms with Gasteiger partial charge in [-0.3, -0.25) is 0 Å². The van der Waals surface area contributed by atoms with Gasteiger partial charge in [0, 0.05) is 0 Å². The van der Waals surface area contributed by atoms with E-state index in [2.05, 4.69) is 17.9 Å². The molecule has 9 heavy (non-hydrogen) atoms. The van der Waals surface area contributed by atoms with E-state index in [1.807, 2.05) is 0 Å². The number of carbonyl (C=O) groups is 1. The lowest BCUT2D eigenvalue weighted by molar-refractivity contribution is 0.0989. The number of hydrogen-bond acceptors (Lipinski definition) is 2. The maximum Gasteiger partial charge on any atom is 0.508 e. The molecule has 0 unspecified atom stereocenters. The number of hydrogen-bond donors (Lipinski definition) is 1. The maximum absolute atomic E-state index is 9.42. The molecule has 0 radical (unpaired) electrons. The van der Waals surface area contributed by atoms with Crippen LogP contribution in [0.15, 0.2) is 13.2 Å². The molecule has 3 nitrogen and oxygen atoms in total. The molecule has 0 aromatic rings. The highest BCUT2D eigenvalue weighted by Gasteiger charge is 2.01. The topological polar surface area (TPSA) is 46.5 Å². The molecule has 0 amide bonds. The number of alkyl halides is 2. The Balaban J connectivity index is 0. The molecule has 0 aliphatic rings. The van der Waals surface area contributed by atoms with Crippen molar-refractivity contribution in [3.63, 3.8) is 0 Å². The number of rotatable bonds is 1. The Kier molecular flexibility index (Phi) is 9.61. The average molecular weight is 173 g/mol. The van der Waals surface area contributed by atoms with E-state index in [9.17, 15) is 4.79 Å². The normalized spacial score (nSPS) is 7.44. The van der Waals surface area contributed by atoms with E-state index in [0.29, 0.717) is 0 Å². The zero-order chi connectivity index (χ0) is 7.86. The first-order valence-electron chi connectivity index (χ1n) is 1.80. The van der Waals surface area contributed by atoms with E-state index >= 15 is 0 Å². The molecule has 0 aromatic carbocycles. The molecule has 0 saturated carbocycles. The fraction of sp³-hybridized carbons (Fsp3) is 0.250. The van der Waals surface area contributed by atoms with E-state index in [4.69, 9.17) is 28.3 Å². The van der Waals surface area contributed by atoms with Crippen LogP contribution in [0.4, 0.5) is 4.79 Å². The van der Waals surface area contributed by atoms with E-state index in [1.54, 1.807) is 0 Å². The van der Waals surface area contributed by atoms with Crippen molar-refractivity contribution in [1.29, 1.82) is 0 Å². The first kappa shape index (κ1) is 11.4. The second kappa shape index (κ2) is 7.59. The standard InChI is InChI=1S/C2H2Cl2O3.C2H4/c3-1(4)7-2(5)6;1-2/h1H,(H,5,6);1-2H2. The summed E-state index contributed by atoms with van der Waals surface area (Å²) in [6.07, 6.45) is -1.48. The highest BCUT2D eigenvalue weighted by molar-refractivity contribution is 6.43. The smallest absolute Gasteiger partial charge is 0.450 e. The van der Waals surface area contributed by atoms with Gasteiger partial charge in [-0.2, -0.15) is 0 Å². The molecule has 0 rings (SSSR count). The van der Waals surface area contributed by atoms with E-state index in [-0.39, 0.29) is 0 Å². The predicted molar refractivity (Wildman–Crippen MR) is 35.9 cm³/mol. The second-order valence-corrected chi connectivity index (χ2v) is 1.66. The van der Waals surface area contributed by atoms with E-state index < -0.39 is 11.2 Å². The molecule has 0 heterocycles. The van der Waals surface area contributed by atoms with Gasteiger partial charge in [-0.1, -0.05) is 23.2 Å². The summed E-state index contributed by atoms with van der Waals surface area (Å²) < 4.78 is 3.70. The average Bonchev–Trinajstić information content (AvgIpc) is 1.68. The lowest BCUT2D eigenvalue weighted by atomic mass is 11.3. The molecule has 0 aliphatic heterocycles.